The van der Waals surface area contributed by atoms with Crippen LogP contribution in [0, 0.1) is 6.92 Å². The third-order valence-corrected chi connectivity index (χ3v) is 1.80. The first-order chi connectivity index (χ1) is 5.77. The van der Waals surface area contributed by atoms with E-state index < -0.39 is 0 Å². The molecule has 0 unspecified atom stereocenters. The molecular weight excluding hydrogens is 148 g/mol. The zero-order chi connectivity index (χ0) is 9.56. The normalized spacial score (nSPS) is 9.08. The van der Waals surface area contributed by atoms with Gasteiger partial charge >= 0.3 is 0 Å². The second-order valence-corrected chi connectivity index (χ2v) is 2.50. The highest BCUT2D eigenvalue weighted by atomic mass is 16.3. The van der Waals surface area contributed by atoms with Crippen molar-refractivity contribution in [3.63, 3.8) is 0 Å². The van der Waals surface area contributed by atoms with E-state index in [0.29, 0.717) is 0 Å². The van der Waals surface area contributed by atoms with Crippen LogP contribution in [0.4, 0.5) is 0 Å². The van der Waals surface area contributed by atoms with Gasteiger partial charge in [0.1, 0.15) is 11.5 Å². The fourth-order valence-electron chi connectivity index (χ4n) is 1.11. The zero-order valence-corrected chi connectivity index (χ0v) is 8.90. The lowest BCUT2D eigenvalue weighted by atomic mass is 10.2. The monoisotopic (exact) mass is 168 g/mol. The van der Waals surface area contributed by atoms with Crippen molar-refractivity contribution in [2.45, 2.75) is 47.5 Å². The van der Waals surface area contributed by atoms with Crippen LogP contribution in [0.1, 0.15) is 44.8 Å². The third kappa shape index (κ3) is 2.72. The predicted octanol–water partition coefficient (Wildman–Crippen LogP) is 3.74. The fraction of sp³-hybridized carbons (Fsp3) is 0.636. The minimum Gasteiger partial charge on any atom is -0.466 e. The Hall–Kier alpha value is -0.720. The van der Waals surface area contributed by atoms with E-state index in [0.717, 1.165) is 24.4 Å². The van der Waals surface area contributed by atoms with Crippen LogP contribution in [-0.2, 0) is 12.8 Å². The van der Waals surface area contributed by atoms with Crippen molar-refractivity contribution in [3.05, 3.63) is 23.2 Å². The molecule has 0 fully saturated rings. The largest absolute Gasteiger partial charge is 0.466 e. The summed E-state index contributed by atoms with van der Waals surface area (Å²) in [6.45, 7) is 10.3. The highest BCUT2D eigenvalue weighted by Gasteiger charge is 2.02. The molecule has 1 aromatic heterocycles. The lowest BCUT2D eigenvalue weighted by Gasteiger charge is -1.86. The molecule has 0 radical (unpaired) electrons. The highest BCUT2D eigenvalue weighted by molar-refractivity contribution is 5.20. The lowest BCUT2D eigenvalue weighted by Crippen LogP contribution is -1.75. The third-order valence-electron chi connectivity index (χ3n) is 1.80. The average molecular weight is 168 g/mol. The van der Waals surface area contributed by atoms with Crippen LogP contribution in [0.3, 0.4) is 0 Å². The predicted molar refractivity (Wildman–Crippen MR) is 53.5 cm³/mol. The molecule has 1 nitrogen and oxygen atoms in total. The molecule has 0 aromatic carbocycles. The molecule has 1 heteroatoms. The van der Waals surface area contributed by atoms with Gasteiger partial charge in [-0.1, -0.05) is 27.7 Å². The molecule has 0 aliphatic heterocycles. The molecule has 0 spiro atoms. The van der Waals surface area contributed by atoms with Crippen LogP contribution in [0.15, 0.2) is 10.5 Å². The Kier molecular flexibility index (Phi) is 5.52. The first-order valence-corrected chi connectivity index (χ1v) is 4.86. The number of hydrogen-bond acceptors (Lipinski definition) is 1. The first kappa shape index (κ1) is 11.3. The fourth-order valence-corrected chi connectivity index (χ4v) is 1.11. The number of aryl methyl sites for hydroxylation is 3. The summed E-state index contributed by atoms with van der Waals surface area (Å²) in [5.74, 6) is 2.19. The van der Waals surface area contributed by atoms with Crippen LogP contribution in [-0.4, -0.2) is 0 Å². The molecule has 0 aliphatic carbocycles. The summed E-state index contributed by atoms with van der Waals surface area (Å²) in [6.07, 6.45) is 2.08. The summed E-state index contributed by atoms with van der Waals surface area (Å²) in [5.41, 5.74) is 1.34. The van der Waals surface area contributed by atoms with Gasteiger partial charge in [-0.3, -0.25) is 0 Å². The smallest absolute Gasteiger partial charge is 0.104 e. The van der Waals surface area contributed by atoms with Crippen LogP contribution in [0.2, 0.25) is 0 Å². The minimum atomic E-state index is 1.00. The van der Waals surface area contributed by atoms with Gasteiger partial charge in [0.05, 0.1) is 0 Å². The van der Waals surface area contributed by atoms with E-state index >= 15 is 0 Å². The molecule has 0 N–H and O–H groups in total. The maximum Gasteiger partial charge on any atom is 0.104 e. The summed E-state index contributed by atoms with van der Waals surface area (Å²) >= 11 is 0. The molecule has 0 saturated heterocycles. The van der Waals surface area contributed by atoms with E-state index in [2.05, 4.69) is 19.9 Å². The lowest BCUT2D eigenvalue weighted by molar-refractivity contribution is 0.486. The summed E-state index contributed by atoms with van der Waals surface area (Å²) in [7, 11) is 0. The van der Waals surface area contributed by atoms with Crippen molar-refractivity contribution < 1.29 is 4.42 Å². The van der Waals surface area contributed by atoms with Gasteiger partial charge in [0.15, 0.2) is 0 Å². The Bertz CT molecular complexity index is 211. The van der Waals surface area contributed by atoms with Gasteiger partial charge in [0.2, 0.25) is 0 Å². The summed E-state index contributed by atoms with van der Waals surface area (Å²) in [4.78, 5) is 0. The molecule has 0 bridgehead atoms. The van der Waals surface area contributed by atoms with Gasteiger partial charge < -0.3 is 4.42 Å². The van der Waals surface area contributed by atoms with Gasteiger partial charge in [-0.15, -0.1) is 0 Å². The standard InChI is InChI=1S/C9H14O.C2H6/c1-4-8-6-9(5-2)10-7(8)3;1-2/h6H,4-5H2,1-3H3;1-2H3. The molecule has 1 aromatic rings. The molecule has 0 atom stereocenters. The van der Waals surface area contributed by atoms with Crippen molar-refractivity contribution in [1.82, 2.24) is 0 Å². The molecule has 0 amide bonds. The van der Waals surface area contributed by atoms with Gasteiger partial charge in [-0.05, 0) is 25.0 Å². The molecule has 1 rings (SSSR count). The summed E-state index contributed by atoms with van der Waals surface area (Å²) in [5, 5.41) is 0. The van der Waals surface area contributed by atoms with Crippen molar-refractivity contribution in [2.24, 2.45) is 0 Å². The van der Waals surface area contributed by atoms with Crippen LogP contribution in [0.5, 0.6) is 0 Å². The Balaban J connectivity index is 0.000000561. The van der Waals surface area contributed by atoms with Crippen LogP contribution in [0.25, 0.3) is 0 Å². The Labute approximate surface area is 75.8 Å². The van der Waals surface area contributed by atoms with Gasteiger partial charge in [0, 0.05) is 6.42 Å². The quantitative estimate of drug-likeness (QED) is 0.655. The number of rotatable bonds is 2. The van der Waals surface area contributed by atoms with Gasteiger partial charge in [0.25, 0.3) is 0 Å². The van der Waals surface area contributed by atoms with Crippen molar-refractivity contribution in [1.29, 1.82) is 0 Å². The minimum absolute atomic E-state index is 1.00. The Morgan fingerprint density at radius 3 is 2.00 bits per heavy atom. The second kappa shape index (κ2) is 5.87. The highest BCUT2D eigenvalue weighted by Crippen LogP contribution is 2.14. The van der Waals surface area contributed by atoms with E-state index in [1.807, 2.05) is 20.8 Å². The van der Waals surface area contributed by atoms with E-state index in [1.54, 1.807) is 0 Å². The Morgan fingerprint density at radius 2 is 1.75 bits per heavy atom. The van der Waals surface area contributed by atoms with Crippen LogP contribution >= 0.6 is 0 Å². The molecule has 0 aliphatic rings. The summed E-state index contributed by atoms with van der Waals surface area (Å²) in [6, 6.07) is 2.15. The SMILES string of the molecule is CC.CCc1cc(CC)c(C)o1. The number of furan rings is 1. The van der Waals surface area contributed by atoms with Gasteiger partial charge in [-0.2, -0.15) is 0 Å². The van der Waals surface area contributed by atoms with Crippen LogP contribution < -0.4 is 0 Å². The number of hydrogen-bond donors (Lipinski definition) is 0. The van der Waals surface area contributed by atoms with E-state index in [4.69, 9.17) is 4.42 Å². The van der Waals surface area contributed by atoms with E-state index in [-0.39, 0.29) is 0 Å². The van der Waals surface area contributed by atoms with E-state index in [1.165, 1.54) is 5.56 Å². The zero-order valence-electron chi connectivity index (χ0n) is 8.90. The van der Waals surface area contributed by atoms with Crippen molar-refractivity contribution in [2.75, 3.05) is 0 Å². The van der Waals surface area contributed by atoms with Crippen molar-refractivity contribution in [3.8, 4) is 0 Å². The van der Waals surface area contributed by atoms with Crippen molar-refractivity contribution >= 4 is 0 Å². The Morgan fingerprint density at radius 1 is 1.17 bits per heavy atom. The molecule has 70 valence electrons. The maximum absolute atomic E-state index is 5.45. The molecule has 12 heavy (non-hydrogen) atoms. The van der Waals surface area contributed by atoms with E-state index in [9.17, 15) is 0 Å². The maximum atomic E-state index is 5.45. The molecule has 1 heterocycles. The average Bonchev–Trinajstić information content (AvgIpc) is 2.49. The summed E-state index contributed by atoms with van der Waals surface area (Å²) < 4.78 is 5.45. The molecular formula is C11H20O. The first-order valence-electron chi connectivity index (χ1n) is 4.86. The van der Waals surface area contributed by atoms with Gasteiger partial charge in [-0.25, -0.2) is 0 Å². The second-order valence-electron chi connectivity index (χ2n) is 2.50. The topological polar surface area (TPSA) is 13.1 Å². The molecule has 0 saturated carbocycles.